The van der Waals surface area contributed by atoms with E-state index < -0.39 is 0 Å². The molecular weight excluding hydrogens is 262 g/mol. The van der Waals surface area contributed by atoms with Crippen molar-refractivity contribution in [3.8, 4) is 0 Å². The van der Waals surface area contributed by atoms with Crippen LogP contribution in [-0.4, -0.2) is 48.4 Å². The summed E-state index contributed by atoms with van der Waals surface area (Å²) in [5, 5.41) is 3.43. The Morgan fingerprint density at radius 1 is 1.33 bits per heavy atom. The Balaban J connectivity index is 2.21. The fourth-order valence-corrected chi connectivity index (χ4v) is 2.84. The third-order valence-corrected chi connectivity index (χ3v) is 4.36. The molecule has 4 nitrogen and oxygen atoms in total. The number of hydrogen-bond acceptors (Lipinski definition) is 3. The van der Waals surface area contributed by atoms with Crippen LogP contribution in [0.15, 0.2) is 18.2 Å². The molecule has 0 radical (unpaired) electrons. The zero-order valence-corrected chi connectivity index (χ0v) is 13.8. The Bertz CT molecular complexity index is 515. The molecule has 0 spiro atoms. The minimum atomic E-state index is -0.109. The lowest BCUT2D eigenvalue weighted by Crippen LogP contribution is -2.37. The van der Waals surface area contributed by atoms with Crippen LogP contribution in [0.25, 0.3) is 0 Å². The summed E-state index contributed by atoms with van der Waals surface area (Å²) in [5.74, 6) is 0.199. The van der Waals surface area contributed by atoms with Crippen LogP contribution in [0.1, 0.15) is 36.7 Å². The number of nitrogens with one attached hydrogen (secondary N) is 1. The largest absolute Gasteiger partial charge is 0.320 e. The molecule has 2 rings (SSSR count). The lowest BCUT2D eigenvalue weighted by atomic mass is 10.0. The third kappa shape index (κ3) is 3.44. The van der Waals surface area contributed by atoms with E-state index >= 15 is 0 Å². The number of likely N-dealkylation sites (N-methyl/N-ethyl adjacent to an activating group) is 1. The first kappa shape index (κ1) is 16.0. The van der Waals surface area contributed by atoms with Gasteiger partial charge in [-0.25, -0.2) is 0 Å². The second kappa shape index (κ2) is 6.58. The quantitative estimate of drug-likeness (QED) is 0.901. The Hall–Kier alpha value is -1.39. The molecule has 1 heterocycles. The lowest BCUT2D eigenvalue weighted by molar-refractivity contribution is -0.130. The first-order valence-corrected chi connectivity index (χ1v) is 7.76. The summed E-state index contributed by atoms with van der Waals surface area (Å²) in [4.78, 5) is 16.6. The highest BCUT2D eigenvalue weighted by molar-refractivity contribution is 5.84. The molecule has 0 aromatic heterocycles. The molecule has 1 aliphatic heterocycles. The average molecular weight is 289 g/mol. The van der Waals surface area contributed by atoms with Gasteiger partial charge in [-0.05, 0) is 45.5 Å². The molecule has 1 fully saturated rings. The van der Waals surface area contributed by atoms with Crippen molar-refractivity contribution in [2.45, 2.75) is 39.9 Å². The minimum absolute atomic E-state index is 0.00152. The zero-order chi connectivity index (χ0) is 15.6. The Morgan fingerprint density at radius 3 is 2.67 bits per heavy atom. The van der Waals surface area contributed by atoms with Crippen molar-refractivity contribution in [3.63, 3.8) is 0 Å². The molecule has 0 saturated carbocycles. The van der Waals surface area contributed by atoms with Gasteiger partial charge in [-0.2, -0.15) is 0 Å². The van der Waals surface area contributed by atoms with Gasteiger partial charge in [0, 0.05) is 13.1 Å². The number of rotatable bonds is 5. The molecule has 0 bridgehead atoms. The second-order valence-electron chi connectivity index (χ2n) is 6.08. The highest BCUT2D eigenvalue weighted by Crippen LogP contribution is 2.27. The van der Waals surface area contributed by atoms with E-state index in [1.54, 1.807) is 0 Å². The van der Waals surface area contributed by atoms with Gasteiger partial charge in [0.2, 0.25) is 5.91 Å². The van der Waals surface area contributed by atoms with Crippen molar-refractivity contribution in [1.82, 2.24) is 15.1 Å². The van der Waals surface area contributed by atoms with Crippen molar-refractivity contribution in [3.05, 3.63) is 34.9 Å². The SMILES string of the molecule is CCN(C)CCN1C(=O)C(C)NC1c1ccc(C)cc1C. The standard InChI is InChI=1S/C17H27N3O/c1-6-19(5)9-10-20-16(18-14(4)17(20)21)15-8-7-12(2)11-13(15)3/h7-8,11,14,16,18H,6,9-10H2,1-5H3. The minimum Gasteiger partial charge on any atom is -0.320 e. The number of carbonyl (C=O) groups is 1. The van der Waals surface area contributed by atoms with Gasteiger partial charge in [0.1, 0.15) is 6.17 Å². The maximum absolute atomic E-state index is 12.4. The molecule has 21 heavy (non-hydrogen) atoms. The maximum atomic E-state index is 12.4. The first-order chi connectivity index (χ1) is 9.93. The van der Waals surface area contributed by atoms with Gasteiger partial charge in [0.15, 0.2) is 0 Å². The van der Waals surface area contributed by atoms with Gasteiger partial charge in [0.05, 0.1) is 6.04 Å². The summed E-state index contributed by atoms with van der Waals surface area (Å²) < 4.78 is 0. The average Bonchev–Trinajstić information content (AvgIpc) is 2.72. The number of carbonyl (C=O) groups excluding carboxylic acids is 1. The Labute approximate surface area is 128 Å². The number of benzene rings is 1. The van der Waals surface area contributed by atoms with Gasteiger partial charge in [0.25, 0.3) is 0 Å². The van der Waals surface area contributed by atoms with Gasteiger partial charge < -0.3 is 9.80 Å². The van der Waals surface area contributed by atoms with Gasteiger partial charge >= 0.3 is 0 Å². The molecule has 2 unspecified atom stereocenters. The summed E-state index contributed by atoms with van der Waals surface area (Å²) in [6.07, 6.45) is -0.00152. The van der Waals surface area contributed by atoms with Crippen molar-refractivity contribution in [1.29, 1.82) is 0 Å². The van der Waals surface area contributed by atoms with E-state index in [1.165, 1.54) is 16.7 Å². The third-order valence-electron chi connectivity index (χ3n) is 4.36. The van der Waals surface area contributed by atoms with Crippen LogP contribution in [0.3, 0.4) is 0 Å². The van der Waals surface area contributed by atoms with Crippen LogP contribution in [0.2, 0.25) is 0 Å². The lowest BCUT2D eigenvalue weighted by Gasteiger charge is -2.27. The molecule has 1 N–H and O–H groups in total. The highest BCUT2D eigenvalue weighted by Gasteiger charge is 2.37. The smallest absolute Gasteiger partial charge is 0.241 e. The van der Waals surface area contributed by atoms with E-state index in [4.69, 9.17) is 0 Å². The summed E-state index contributed by atoms with van der Waals surface area (Å²) in [7, 11) is 2.09. The zero-order valence-electron chi connectivity index (χ0n) is 13.8. The molecule has 1 aliphatic rings. The molecule has 2 atom stereocenters. The maximum Gasteiger partial charge on any atom is 0.241 e. The highest BCUT2D eigenvalue weighted by atomic mass is 16.2. The second-order valence-corrected chi connectivity index (χ2v) is 6.08. The van der Waals surface area contributed by atoms with Gasteiger partial charge in [-0.3, -0.25) is 10.1 Å². The summed E-state index contributed by atoms with van der Waals surface area (Å²) in [5.41, 5.74) is 3.70. The van der Waals surface area contributed by atoms with E-state index in [2.05, 4.69) is 56.2 Å². The van der Waals surface area contributed by atoms with Crippen LogP contribution >= 0.6 is 0 Å². The summed E-state index contributed by atoms with van der Waals surface area (Å²) in [6.45, 7) is 11.0. The van der Waals surface area contributed by atoms with E-state index in [1.807, 2.05) is 11.8 Å². The number of aryl methyl sites for hydroxylation is 2. The van der Waals surface area contributed by atoms with Crippen molar-refractivity contribution < 1.29 is 4.79 Å². The fourth-order valence-electron chi connectivity index (χ4n) is 2.84. The number of hydrogen-bond donors (Lipinski definition) is 1. The molecule has 1 saturated heterocycles. The first-order valence-electron chi connectivity index (χ1n) is 7.76. The molecule has 116 valence electrons. The molecule has 1 aromatic rings. The van der Waals surface area contributed by atoms with E-state index in [-0.39, 0.29) is 18.1 Å². The predicted molar refractivity (Wildman–Crippen MR) is 86.1 cm³/mol. The van der Waals surface area contributed by atoms with Crippen LogP contribution in [0, 0.1) is 13.8 Å². The predicted octanol–water partition coefficient (Wildman–Crippen LogP) is 2.07. The van der Waals surface area contributed by atoms with Crippen LogP contribution < -0.4 is 5.32 Å². The monoisotopic (exact) mass is 289 g/mol. The van der Waals surface area contributed by atoms with E-state index in [9.17, 15) is 4.79 Å². The molecule has 1 aromatic carbocycles. The van der Waals surface area contributed by atoms with Gasteiger partial charge in [-0.1, -0.05) is 30.7 Å². The van der Waals surface area contributed by atoms with Crippen molar-refractivity contribution >= 4 is 5.91 Å². The molecule has 0 aliphatic carbocycles. The van der Waals surface area contributed by atoms with E-state index in [0.717, 1.165) is 19.6 Å². The van der Waals surface area contributed by atoms with Crippen molar-refractivity contribution in [2.75, 3.05) is 26.7 Å². The van der Waals surface area contributed by atoms with Crippen LogP contribution in [0.4, 0.5) is 0 Å². The Morgan fingerprint density at radius 2 is 2.05 bits per heavy atom. The number of nitrogens with zero attached hydrogens (tertiary/aromatic N) is 2. The summed E-state index contributed by atoms with van der Waals surface area (Å²) in [6, 6.07) is 6.33. The normalized spacial score (nSPS) is 22.4. The fraction of sp³-hybridized carbons (Fsp3) is 0.588. The van der Waals surface area contributed by atoms with Crippen LogP contribution in [-0.2, 0) is 4.79 Å². The molecule has 1 amide bonds. The molecular formula is C17H27N3O. The number of amides is 1. The molecule has 4 heteroatoms. The topological polar surface area (TPSA) is 35.6 Å². The van der Waals surface area contributed by atoms with Crippen LogP contribution in [0.5, 0.6) is 0 Å². The van der Waals surface area contributed by atoms with Gasteiger partial charge in [-0.15, -0.1) is 0 Å². The van der Waals surface area contributed by atoms with Crippen molar-refractivity contribution in [2.24, 2.45) is 0 Å². The summed E-state index contributed by atoms with van der Waals surface area (Å²) >= 11 is 0. The Kier molecular flexibility index (Phi) is 5.01. The van der Waals surface area contributed by atoms with E-state index in [0.29, 0.717) is 0 Å².